The van der Waals surface area contributed by atoms with Crippen LogP contribution in [0.25, 0.3) is 39.1 Å². The zero-order valence-corrected chi connectivity index (χ0v) is 29.0. The lowest BCUT2D eigenvalue weighted by atomic mass is 9.98. The van der Waals surface area contributed by atoms with Crippen molar-refractivity contribution < 1.29 is 21.5 Å². The first kappa shape index (κ1) is 30.7. The van der Waals surface area contributed by atoms with E-state index in [1.807, 2.05) is 42.7 Å². The lowest BCUT2D eigenvalue weighted by Crippen LogP contribution is -2.45. The number of amides is 2. The van der Waals surface area contributed by atoms with Crippen LogP contribution in [0.5, 0.6) is 5.88 Å². The van der Waals surface area contributed by atoms with Gasteiger partial charge in [0.2, 0.25) is 17.7 Å². The highest BCUT2D eigenvalue weighted by atomic mass is 32.2. The largest absolute Gasteiger partial charge is 0.474 e. The number of aromatic nitrogens is 6. The Labute approximate surface area is 301 Å². The number of nitrogens with zero attached hydrogens (tertiary/aromatic N) is 7. The van der Waals surface area contributed by atoms with Crippen molar-refractivity contribution in [2.24, 2.45) is 7.05 Å². The Morgan fingerprint density at radius 3 is 2.71 bits per heavy atom. The average molecular weight is 710 g/mol. The number of thioether (sulfide) groups is 1. The fraction of sp³-hybridized carbons (Fsp3) is 0.351. The highest BCUT2D eigenvalue weighted by Gasteiger charge is 2.44. The van der Waals surface area contributed by atoms with E-state index in [1.165, 1.54) is 38.6 Å². The zero-order chi connectivity index (χ0) is 36.9. The SMILES string of the molecule is [2H]C([2H])(C(=O)N1CC=C(c2ccc(-c3ncn(C)n3)c(F)c2)CC1)N1CC[C@@](SC)(C(=O)Nc2ccc3[nH]nc(-c4ccc(OC5CC5)nc4)c3c2)C1. The van der Waals surface area contributed by atoms with Crippen LogP contribution in [0, 0.1) is 5.82 Å². The van der Waals surface area contributed by atoms with Crippen molar-refractivity contribution in [1.29, 1.82) is 0 Å². The van der Waals surface area contributed by atoms with Gasteiger partial charge in [0, 0.05) is 62.1 Å². The Kier molecular flexibility index (Phi) is 8.17. The van der Waals surface area contributed by atoms with Crippen LogP contribution in [-0.4, -0.2) is 101 Å². The molecule has 12 nitrogen and oxygen atoms in total. The Balaban J connectivity index is 0.918. The molecule has 3 aromatic heterocycles. The molecule has 1 atom stereocenters. The van der Waals surface area contributed by atoms with Gasteiger partial charge >= 0.3 is 0 Å². The smallest absolute Gasteiger partial charge is 0.241 e. The number of ether oxygens (including phenoxy) is 1. The fourth-order valence-corrected chi connectivity index (χ4v) is 7.32. The Bertz CT molecular complexity index is 2240. The molecule has 2 aromatic carbocycles. The Morgan fingerprint density at radius 2 is 2.00 bits per heavy atom. The predicted molar refractivity (Wildman–Crippen MR) is 194 cm³/mol. The van der Waals surface area contributed by atoms with Gasteiger partial charge in [-0.1, -0.05) is 12.1 Å². The third kappa shape index (κ3) is 6.85. The van der Waals surface area contributed by atoms with Gasteiger partial charge in [0.25, 0.3) is 0 Å². The van der Waals surface area contributed by atoms with Crippen molar-refractivity contribution in [3.63, 3.8) is 0 Å². The molecule has 0 spiro atoms. The van der Waals surface area contributed by atoms with Gasteiger partial charge in [0.05, 0.1) is 20.3 Å². The van der Waals surface area contributed by atoms with Gasteiger partial charge in [-0.25, -0.2) is 14.4 Å². The number of hydrogen-bond donors (Lipinski definition) is 2. The Hall–Kier alpha value is -5.08. The van der Waals surface area contributed by atoms with Crippen molar-refractivity contribution >= 4 is 45.7 Å². The molecule has 8 rings (SSSR count). The molecule has 0 radical (unpaired) electrons. The minimum absolute atomic E-state index is 0.0601. The van der Waals surface area contributed by atoms with Gasteiger partial charge in [-0.2, -0.15) is 10.2 Å². The molecule has 1 saturated heterocycles. The van der Waals surface area contributed by atoms with E-state index in [0.29, 0.717) is 47.1 Å². The predicted octanol–water partition coefficient (Wildman–Crippen LogP) is 5.16. The third-order valence-electron chi connectivity index (χ3n) is 9.61. The van der Waals surface area contributed by atoms with Crippen molar-refractivity contribution in [2.45, 2.75) is 36.5 Å². The number of halogens is 1. The summed E-state index contributed by atoms with van der Waals surface area (Å²) in [6.45, 7) is -1.57. The molecular formula is C37H38FN9O3S. The molecule has 5 heterocycles. The van der Waals surface area contributed by atoms with Gasteiger partial charge in [-0.15, -0.1) is 11.8 Å². The first-order valence-corrected chi connectivity index (χ1v) is 18.1. The number of pyridine rings is 1. The van der Waals surface area contributed by atoms with Crippen LogP contribution in [0.3, 0.4) is 0 Å². The van der Waals surface area contributed by atoms with E-state index in [9.17, 15) is 14.0 Å². The van der Waals surface area contributed by atoms with Crippen LogP contribution in [0.2, 0.25) is 0 Å². The van der Waals surface area contributed by atoms with Crippen molar-refractivity contribution in [1.82, 2.24) is 39.7 Å². The van der Waals surface area contributed by atoms with E-state index in [4.69, 9.17) is 7.48 Å². The maximum atomic E-state index is 15.0. The quantitative estimate of drug-likeness (QED) is 0.202. The van der Waals surface area contributed by atoms with E-state index < -0.39 is 23.0 Å². The summed E-state index contributed by atoms with van der Waals surface area (Å²) < 4.78 is 39.1. The maximum absolute atomic E-state index is 15.0. The maximum Gasteiger partial charge on any atom is 0.241 e. The topological polar surface area (TPSA) is 134 Å². The molecule has 2 fully saturated rings. The van der Waals surface area contributed by atoms with Crippen molar-refractivity contribution in [3.05, 3.63) is 78.5 Å². The zero-order valence-electron chi connectivity index (χ0n) is 30.2. The molecule has 51 heavy (non-hydrogen) atoms. The summed E-state index contributed by atoms with van der Waals surface area (Å²) in [6.07, 6.45) is 10.1. The summed E-state index contributed by atoms with van der Waals surface area (Å²) in [5, 5.41) is 15.6. The monoisotopic (exact) mass is 709 g/mol. The number of aryl methyl sites for hydroxylation is 1. The molecule has 2 N–H and O–H groups in total. The fourth-order valence-electron chi connectivity index (χ4n) is 6.51. The Morgan fingerprint density at radius 1 is 1.14 bits per heavy atom. The van der Waals surface area contributed by atoms with E-state index in [2.05, 4.69) is 30.6 Å². The first-order chi connectivity index (χ1) is 25.5. The molecule has 0 unspecified atom stereocenters. The number of carbonyl (C=O) groups is 2. The second kappa shape index (κ2) is 13.6. The number of nitrogens with one attached hydrogen (secondary N) is 2. The highest BCUT2D eigenvalue weighted by molar-refractivity contribution is 8.00. The molecule has 3 aliphatic rings. The van der Waals surface area contributed by atoms with Crippen LogP contribution in [0.4, 0.5) is 10.1 Å². The molecule has 262 valence electrons. The summed E-state index contributed by atoms with van der Waals surface area (Å²) in [5.41, 5.74) is 4.77. The molecule has 2 amide bonds. The average Bonchev–Trinajstić information content (AvgIpc) is 3.49. The summed E-state index contributed by atoms with van der Waals surface area (Å²) in [5.74, 6) is -0.471. The van der Waals surface area contributed by atoms with Crippen LogP contribution < -0.4 is 10.1 Å². The van der Waals surface area contributed by atoms with Crippen LogP contribution in [0.1, 0.15) is 34.0 Å². The normalized spacial score (nSPS) is 20.2. The van der Waals surface area contributed by atoms with Crippen LogP contribution >= 0.6 is 11.8 Å². The molecular weight excluding hydrogens is 670 g/mol. The second-order valence-electron chi connectivity index (χ2n) is 13.1. The number of H-pyrrole nitrogens is 1. The molecule has 2 aliphatic heterocycles. The van der Waals surface area contributed by atoms with Crippen LogP contribution in [0.15, 0.2) is 67.1 Å². The minimum atomic E-state index is -2.33. The number of rotatable bonds is 10. The highest BCUT2D eigenvalue weighted by Crippen LogP contribution is 2.36. The van der Waals surface area contributed by atoms with Gasteiger partial charge < -0.3 is 15.0 Å². The lowest BCUT2D eigenvalue weighted by Gasteiger charge is -2.29. The molecule has 1 aliphatic carbocycles. The minimum Gasteiger partial charge on any atom is -0.474 e. The van der Waals surface area contributed by atoms with Crippen LogP contribution in [-0.2, 0) is 16.6 Å². The van der Waals surface area contributed by atoms with Gasteiger partial charge in [-0.3, -0.25) is 24.3 Å². The van der Waals surface area contributed by atoms with E-state index in [-0.39, 0.29) is 38.2 Å². The van der Waals surface area contributed by atoms with Gasteiger partial charge in [0.1, 0.15) is 28.7 Å². The first-order valence-electron chi connectivity index (χ1n) is 17.9. The number of benzene rings is 2. The molecule has 1 saturated carbocycles. The summed E-state index contributed by atoms with van der Waals surface area (Å²) in [4.78, 5) is 39.1. The molecule has 14 heteroatoms. The number of carbonyl (C=O) groups excluding carboxylic acids is 2. The summed E-state index contributed by atoms with van der Waals surface area (Å²) in [6, 6.07) is 14.2. The number of fused-ring (bicyclic) bond motifs is 1. The number of aromatic amines is 1. The van der Waals surface area contributed by atoms with E-state index in [0.717, 1.165) is 34.9 Å². The second-order valence-corrected chi connectivity index (χ2v) is 14.3. The summed E-state index contributed by atoms with van der Waals surface area (Å²) in [7, 11) is 1.72. The van der Waals surface area contributed by atoms with E-state index in [1.54, 1.807) is 25.4 Å². The lowest BCUT2D eigenvalue weighted by molar-refractivity contribution is -0.132. The summed E-state index contributed by atoms with van der Waals surface area (Å²) >= 11 is 1.36. The molecule has 0 bridgehead atoms. The van der Waals surface area contributed by atoms with Crippen molar-refractivity contribution in [2.75, 3.05) is 44.2 Å². The van der Waals surface area contributed by atoms with E-state index >= 15 is 0 Å². The van der Waals surface area contributed by atoms with Gasteiger partial charge in [-0.05, 0) is 79.5 Å². The molecule has 5 aromatic rings. The third-order valence-corrected chi connectivity index (χ3v) is 10.9. The van der Waals surface area contributed by atoms with Gasteiger partial charge in [0.15, 0.2) is 5.82 Å². The standard InChI is InChI=1S/C37H38FN9O3S/c1-45-22-40-35(44-45)28-8-3-24(17-30(28)38)23-11-14-47(15-12-23)33(48)20-46-16-13-37(21-46,51-2)36(49)41-26-5-9-31-29(18-26)34(43-42-31)25-4-10-32(39-19-25)50-27-6-7-27/h3-5,8-11,17-19,22,27H,6-7,12-16,20-21H2,1-2H3,(H,41,49)(H,42,43)/t37-/m0/s1/i20D2. The van der Waals surface area contributed by atoms with Crippen molar-refractivity contribution in [3.8, 4) is 28.5 Å². The number of likely N-dealkylation sites (tertiary alicyclic amines) is 1. The number of hydrogen-bond acceptors (Lipinski definition) is 9. The number of anilines is 1.